The van der Waals surface area contributed by atoms with Gasteiger partial charge in [0.1, 0.15) is 5.75 Å². The maximum atomic E-state index is 11.8. The fourth-order valence-electron chi connectivity index (χ4n) is 2.28. The van der Waals surface area contributed by atoms with Gasteiger partial charge in [-0.3, -0.25) is 4.79 Å². The van der Waals surface area contributed by atoms with Gasteiger partial charge in [-0.1, -0.05) is 6.07 Å². The molecule has 0 aromatic heterocycles. The molecule has 0 bridgehead atoms. The highest BCUT2D eigenvalue weighted by molar-refractivity contribution is 5.95. The van der Waals surface area contributed by atoms with Crippen LogP contribution < -0.4 is 15.0 Å². The average Bonchev–Trinajstić information content (AvgIpc) is 2.56. The van der Waals surface area contributed by atoms with Crippen LogP contribution in [0, 0.1) is 0 Å². The van der Waals surface area contributed by atoms with Gasteiger partial charge in [0.05, 0.1) is 18.7 Å². The molecular formula is C15H22N2O2. The molecular weight excluding hydrogens is 240 g/mol. The number of rotatable bonds is 5. The maximum absolute atomic E-state index is 11.8. The normalized spacial score (nSPS) is 14.8. The second-order valence-electron chi connectivity index (χ2n) is 4.91. The fraction of sp³-hybridized carbons (Fsp3) is 0.533. The molecule has 1 N–H and O–H groups in total. The molecule has 0 radical (unpaired) electrons. The van der Waals surface area contributed by atoms with Crippen LogP contribution in [0.5, 0.6) is 5.75 Å². The van der Waals surface area contributed by atoms with Gasteiger partial charge in [-0.2, -0.15) is 0 Å². The molecule has 1 heterocycles. The van der Waals surface area contributed by atoms with E-state index in [1.54, 1.807) is 4.90 Å². The average molecular weight is 262 g/mol. The van der Waals surface area contributed by atoms with Crippen LogP contribution in [0.2, 0.25) is 0 Å². The number of aryl methyl sites for hydroxylation is 1. The molecule has 1 amide bonds. The third-order valence-electron chi connectivity index (χ3n) is 3.47. The number of nitrogens with one attached hydrogen (secondary N) is 1. The van der Waals surface area contributed by atoms with E-state index in [1.165, 1.54) is 12.0 Å². The first-order valence-corrected chi connectivity index (χ1v) is 6.89. The SMILES string of the molecule is CNCCCCc1ccc2c(c1)N(C)C(=O)CCO2. The first-order valence-electron chi connectivity index (χ1n) is 6.89. The number of unbranched alkanes of at least 4 members (excludes halogenated alkanes) is 1. The zero-order valence-corrected chi connectivity index (χ0v) is 11.7. The van der Waals surface area contributed by atoms with Crippen molar-refractivity contribution in [3.63, 3.8) is 0 Å². The van der Waals surface area contributed by atoms with Crippen LogP contribution in [0.1, 0.15) is 24.8 Å². The highest BCUT2D eigenvalue weighted by Crippen LogP contribution is 2.31. The number of hydrogen-bond donors (Lipinski definition) is 1. The molecule has 4 heteroatoms. The largest absolute Gasteiger partial charge is 0.491 e. The molecule has 1 aromatic rings. The standard InChI is InChI=1S/C15H22N2O2/c1-16-9-4-3-5-12-6-7-14-13(11-12)17(2)15(18)8-10-19-14/h6-7,11,16H,3-5,8-10H2,1-2H3. The maximum Gasteiger partial charge on any atom is 0.230 e. The molecule has 0 saturated carbocycles. The van der Waals surface area contributed by atoms with Crippen LogP contribution in [-0.4, -0.2) is 33.2 Å². The minimum absolute atomic E-state index is 0.117. The molecule has 2 rings (SSSR count). The van der Waals surface area contributed by atoms with Gasteiger partial charge in [-0.15, -0.1) is 0 Å². The summed E-state index contributed by atoms with van der Waals surface area (Å²) < 4.78 is 5.61. The van der Waals surface area contributed by atoms with Crippen LogP contribution in [0.4, 0.5) is 5.69 Å². The molecule has 104 valence electrons. The van der Waals surface area contributed by atoms with E-state index in [2.05, 4.69) is 17.4 Å². The summed E-state index contributed by atoms with van der Waals surface area (Å²) in [6.07, 6.45) is 3.80. The Kier molecular flexibility index (Phi) is 4.80. The second-order valence-corrected chi connectivity index (χ2v) is 4.91. The highest BCUT2D eigenvalue weighted by atomic mass is 16.5. The number of carbonyl (C=O) groups is 1. The van der Waals surface area contributed by atoms with Gasteiger partial charge in [-0.25, -0.2) is 0 Å². The van der Waals surface area contributed by atoms with E-state index in [4.69, 9.17) is 4.74 Å². The smallest absolute Gasteiger partial charge is 0.230 e. The lowest BCUT2D eigenvalue weighted by Crippen LogP contribution is -2.25. The molecule has 0 aliphatic carbocycles. The van der Waals surface area contributed by atoms with Gasteiger partial charge in [0.25, 0.3) is 0 Å². The minimum Gasteiger partial charge on any atom is -0.491 e. The summed E-state index contributed by atoms with van der Waals surface area (Å²) in [5.41, 5.74) is 2.16. The third-order valence-corrected chi connectivity index (χ3v) is 3.47. The Morgan fingerprint density at radius 1 is 1.37 bits per heavy atom. The summed E-state index contributed by atoms with van der Waals surface area (Å²) in [6, 6.07) is 6.16. The Labute approximate surface area is 114 Å². The number of carbonyl (C=O) groups excluding carboxylic acids is 1. The van der Waals surface area contributed by atoms with Crippen LogP contribution in [0.25, 0.3) is 0 Å². The van der Waals surface area contributed by atoms with Crippen LogP contribution in [0.15, 0.2) is 18.2 Å². The first-order chi connectivity index (χ1) is 9.22. The summed E-state index contributed by atoms with van der Waals surface area (Å²) >= 11 is 0. The number of hydrogen-bond acceptors (Lipinski definition) is 3. The predicted octanol–water partition coefficient (Wildman–Crippen LogP) is 1.97. The second kappa shape index (κ2) is 6.57. The molecule has 4 nitrogen and oxygen atoms in total. The van der Waals surface area contributed by atoms with Crippen molar-refractivity contribution in [3.05, 3.63) is 23.8 Å². The Hall–Kier alpha value is -1.55. The number of nitrogens with zero attached hydrogens (tertiary/aromatic N) is 1. The molecule has 0 saturated heterocycles. The third kappa shape index (κ3) is 3.47. The van der Waals surface area contributed by atoms with Crippen molar-refractivity contribution < 1.29 is 9.53 Å². The summed E-state index contributed by atoms with van der Waals surface area (Å²) in [4.78, 5) is 13.5. The Balaban J connectivity index is 2.08. The number of anilines is 1. The van der Waals surface area contributed by atoms with Crippen molar-refractivity contribution in [3.8, 4) is 5.75 Å². The van der Waals surface area contributed by atoms with Crippen molar-refractivity contribution in [1.82, 2.24) is 5.32 Å². The predicted molar refractivity (Wildman–Crippen MR) is 76.8 cm³/mol. The quantitative estimate of drug-likeness (QED) is 0.825. The van der Waals surface area contributed by atoms with Crippen molar-refractivity contribution in [2.45, 2.75) is 25.7 Å². The van der Waals surface area contributed by atoms with Crippen LogP contribution in [-0.2, 0) is 11.2 Å². The minimum atomic E-state index is 0.117. The van der Waals surface area contributed by atoms with E-state index in [0.29, 0.717) is 13.0 Å². The molecule has 1 aliphatic heterocycles. The summed E-state index contributed by atoms with van der Waals surface area (Å²) in [5, 5.41) is 3.15. The van der Waals surface area contributed by atoms with E-state index in [0.717, 1.165) is 30.8 Å². The molecule has 0 spiro atoms. The molecule has 1 aromatic carbocycles. The highest BCUT2D eigenvalue weighted by Gasteiger charge is 2.19. The monoisotopic (exact) mass is 262 g/mol. The van der Waals surface area contributed by atoms with E-state index < -0.39 is 0 Å². The molecule has 0 atom stereocenters. The number of fused-ring (bicyclic) bond motifs is 1. The molecule has 0 fully saturated rings. The summed E-state index contributed by atoms with van der Waals surface area (Å²) in [6.45, 7) is 1.52. The lowest BCUT2D eigenvalue weighted by molar-refractivity contribution is -0.118. The van der Waals surface area contributed by atoms with Crippen molar-refractivity contribution in [2.24, 2.45) is 0 Å². The van der Waals surface area contributed by atoms with Gasteiger partial charge in [0, 0.05) is 7.05 Å². The van der Waals surface area contributed by atoms with E-state index in [9.17, 15) is 4.79 Å². The van der Waals surface area contributed by atoms with Gasteiger partial charge in [-0.05, 0) is 50.6 Å². The lowest BCUT2D eigenvalue weighted by Gasteiger charge is -2.17. The van der Waals surface area contributed by atoms with Crippen molar-refractivity contribution in [1.29, 1.82) is 0 Å². The summed E-state index contributed by atoms with van der Waals surface area (Å²) in [5.74, 6) is 0.929. The molecule has 1 aliphatic rings. The fourth-order valence-corrected chi connectivity index (χ4v) is 2.28. The van der Waals surface area contributed by atoms with Gasteiger partial charge in [0.2, 0.25) is 5.91 Å². The van der Waals surface area contributed by atoms with E-state index in [-0.39, 0.29) is 5.91 Å². The zero-order chi connectivity index (χ0) is 13.7. The lowest BCUT2D eigenvalue weighted by atomic mass is 10.1. The zero-order valence-electron chi connectivity index (χ0n) is 11.7. The molecule has 19 heavy (non-hydrogen) atoms. The number of benzene rings is 1. The Morgan fingerprint density at radius 2 is 2.21 bits per heavy atom. The van der Waals surface area contributed by atoms with Crippen molar-refractivity contribution in [2.75, 3.05) is 32.1 Å². The first kappa shape index (κ1) is 13.9. The van der Waals surface area contributed by atoms with Gasteiger partial charge >= 0.3 is 0 Å². The van der Waals surface area contributed by atoms with Gasteiger partial charge < -0.3 is 15.0 Å². The van der Waals surface area contributed by atoms with Crippen LogP contribution >= 0.6 is 0 Å². The molecule has 0 unspecified atom stereocenters. The summed E-state index contributed by atoms with van der Waals surface area (Å²) in [7, 11) is 3.79. The Morgan fingerprint density at radius 3 is 3.00 bits per heavy atom. The number of ether oxygens (including phenoxy) is 1. The Bertz CT molecular complexity index is 446. The van der Waals surface area contributed by atoms with E-state index >= 15 is 0 Å². The van der Waals surface area contributed by atoms with Gasteiger partial charge in [0.15, 0.2) is 0 Å². The van der Waals surface area contributed by atoms with E-state index in [1.807, 2.05) is 20.2 Å². The number of amides is 1. The van der Waals surface area contributed by atoms with Crippen molar-refractivity contribution >= 4 is 11.6 Å². The van der Waals surface area contributed by atoms with Crippen LogP contribution in [0.3, 0.4) is 0 Å². The topological polar surface area (TPSA) is 41.6 Å².